The van der Waals surface area contributed by atoms with E-state index >= 15 is 0 Å². The number of hydrogen-bond acceptors (Lipinski definition) is 9. The molecule has 0 radical (unpaired) electrons. The lowest BCUT2D eigenvalue weighted by atomic mass is 10.2. The van der Waals surface area contributed by atoms with Crippen molar-refractivity contribution < 1.29 is 19.1 Å². The zero-order valence-corrected chi connectivity index (χ0v) is 19.3. The highest BCUT2D eigenvalue weighted by Gasteiger charge is 2.24. The molecule has 1 N–H and O–H groups in total. The fourth-order valence-electron chi connectivity index (χ4n) is 2.84. The van der Waals surface area contributed by atoms with Crippen LogP contribution in [0.2, 0.25) is 0 Å². The number of amides is 2. The Labute approximate surface area is 200 Å². The number of rotatable bonds is 8. The van der Waals surface area contributed by atoms with Gasteiger partial charge in [0, 0.05) is 24.2 Å². The molecule has 3 aromatic rings. The van der Waals surface area contributed by atoms with Gasteiger partial charge in [-0.05, 0) is 59.8 Å². The third kappa shape index (κ3) is 6.27. The Bertz CT molecular complexity index is 1180. The van der Waals surface area contributed by atoms with E-state index < -0.39 is 0 Å². The van der Waals surface area contributed by atoms with Gasteiger partial charge < -0.3 is 14.4 Å². The number of ether oxygens (including phenoxy) is 2. The predicted octanol–water partition coefficient (Wildman–Crippen LogP) is 4.40. The molecule has 2 aromatic carbocycles. The lowest BCUT2D eigenvalue weighted by Gasteiger charge is -2.17. The SMILES string of the molecule is CN(CCOc1ccc(C=C2SC(=O)NC2=O)cc1)c1nccc(Oc2ccc(S)cc2)n1. The summed E-state index contributed by atoms with van der Waals surface area (Å²) < 4.78 is 11.6. The smallest absolute Gasteiger partial charge is 0.290 e. The van der Waals surface area contributed by atoms with Crippen LogP contribution in [-0.2, 0) is 4.79 Å². The summed E-state index contributed by atoms with van der Waals surface area (Å²) in [5, 5.41) is 1.88. The minimum absolute atomic E-state index is 0.358. The number of thiol groups is 1. The molecule has 2 amide bonds. The fourth-order valence-corrected chi connectivity index (χ4v) is 3.67. The molecule has 1 saturated heterocycles. The summed E-state index contributed by atoms with van der Waals surface area (Å²) in [6.45, 7) is 0.976. The molecular formula is C23H20N4O4S2. The third-order valence-electron chi connectivity index (χ3n) is 4.53. The van der Waals surface area contributed by atoms with Crippen molar-refractivity contribution >= 4 is 47.6 Å². The van der Waals surface area contributed by atoms with E-state index in [2.05, 4.69) is 27.9 Å². The summed E-state index contributed by atoms with van der Waals surface area (Å²) in [7, 11) is 1.87. The number of likely N-dealkylation sites (N-methyl/N-ethyl adjacent to an activating group) is 1. The van der Waals surface area contributed by atoms with E-state index in [1.54, 1.807) is 18.3 Å². The summed E-state index contributed by atoms with van der Waals surface area (Å²) in [5.74, 6) is 1.95. The lowest BCUT2D eigenvalue weighted by Crippen LogP contribution is -2.25. The summed E-state index contributed by atoms with van der Waals surface area (Å²) in [4.78, 5) is 34.7. The van der Waals surface area contributed by atoms with Crippen LogP contribution < -0.4 is 19.7 Å². The summed E-state index contributed by atoms with van der Waals surface area (Å²) >= 11 is 5.16. The number of anilines is 1. The number of carbonyl (C=O) groups excluding carboxylic acids is 2. The van der Waals surface area contributed by atoms with Gasteiger partial charge in [-0.25, -0.2) is 4.98 Å². The van der Waals surface area contributed by atoms with Crippen molar-refractivity contribution in [2.75, 3.05) is 25.1 Å². The van der Waals surface area contributed by atoms with Crippen molar-refractivity contribution in [1.29, 1.82) is 0 Å². The number of nitrogens with one attached hydrogen (secondary N) is 1. The van der Waals surface area contributed by atoms with Crippen molar-refractivity contribution in [2.24, 2.45) is 0 Å². The first kappa shape index (κ1) is 22.7. The molecule has 33 heavy (non-hydrogen) atoms. The Morgan fingerprint density at radius 3 is 2.48 bits per heavy atom. The van der Waals surface area contributed by atoms with Gasteiger partial charge in [0.15, 0.2) is 0 Å². The van der Waals surface area contributed by atoms with E-state index in [0.717, 1.165) is 22.2 Å². The van der Waals surface area contributed by atoms with Crippen LogP contribution in [0.4, 0.5) is 10.7 Å². The molecule has 4 rings (SSSR count). The first-order chi connectivity index (χ1) is 16.0. The minimum atomic E-state index is -0.374. The fraction of sp³-hybridized carbons (Fsp3) is 0.130. The number of imide groups is 1. The van der Waals surface area contributed by atoms with E-state index in [9.17, 15) is 9.59 Å². The molecule has 168 valence electrons. The normalized spacial score (nSPS) is 14.3. The van der Waals surface area contributed by atoms with Gasteiger partial charge in [-0.1, -0.05) is 12.1 Å². The van der Waals surface area contributed by atoms with Gasteiger partial charge in [-0.2, -0.15) is 4.98 Å². The van der Waals surface area contributed by atoms with E-state index in [4.69, 9.17) is 9.47 Å². The second-order valence-electron chi connectivity index (χ2n) is 6.98. The second kappa shape index (κ2) is 10.4. The van der Waals surface area contributed by atoms with Crippen LogP contribution in [0.15, 0.2) is 70.6 Å². The molecule has 0 atom stereocenters. The molecule has 1 fully saturated rings. The van der Waals surface area contributed by atoms with Crippen LogP contribution in [0.25, 0.3) is 6.08 Å². The van der Waals surface area contributed by atoms with Crippen LogP contribution in [0.5, 0.6) is 17.4 Å². The number of benzene rings is 2. The highest BCUT2D eigenvalue weighted by Crippen LogP contribution is 2.26. The average molecular weight is 481 g/mol. The van der Waals surface area contributed by atoms with Crippen LogP contribution in [-0.4, -0.2) is 41.3 Å². The summed E-state index contributed by atoms with van der Waals surface area (Å²) in [5.41, 5.74) is 0.807. The molecular weight excluding hydrogens is 460 g/mol. The number of thioether (sulfide) groups is 1. The molecule has 0 spiro atoms. The van der Waals surface area contributed by atoms with Gasteiger partial charge in [0.25, 0.3) is 11.1 Å². The van der Waals surface area contributed by atoms with E-state index in [0.29, 0.717) is 41.4 Å². The Balaban J connectivity index is 1.29. The van der Waals surface area contributed by atoms with Gasteiger partial charge in [0.1, 0.15) is 18.1 Å². The number of nitrogens with zero attached hydrogens (tertiary/aromatic N) is 3. The number of hydrogen-bond donors (Lipinski definition) is 2. The maximum Gasteiger partial charge on any atom is 0.290 e. The van der Waals surface area contributed by atoms with Gasteiger partial charge >= 0.3 is 0 Å². The molecule has 0 unspecified atom stereocenters. The molecule has 0 saturated carbocycles. The Morgan fingerprint density at radius 1 is 1.06 bits per heavy atom. The monoisotopic (exact) mass is 480 g/mol. The van der Waals surface area contributed by atoms with Crippen LogP contribution in [0, 0.1) is 0 Å². The van der Waals surface area contributed by atoms with Gasteiger partial charge in [-0.3, -0.25) is 14.9 Å². The third-order valence-corrected chi connectivity index (χ3v) is 5.64. The number of carbonyl (C=O) groups is 2. The largest absolute Gasteiger partial charge is 0.492 e. The predicted molar refractivity (Wildman–Crippen MR) is 130 cm³/mol. The van der Waals surface area contributed by atoms with Crippen molar-refractivity contribution in [1.82, 2.24) is 15.3 Å². The first-order valence-corrected chi connectivity index (χ1v) is 11.2. The van der Waals surface area contributed by atoms with Crippen molar-refractivity contribution in [3.05, 3.63) is 71.3 Å². The molecule has 1 aliphatic rings. The number of aromatic nitrogens is 2. The molecule has 0 aliphatic carbocycles. The average Bonchev–Trinajstić information content (AvgIpc) is 3.13. The molecule has 0 bridgehead atoms. The quantitative estimate of drug-likeness (QED) is 0.362. The maximum absolute atomic E-state index is 11.6. The van der Waals surface area contributed by atoms with E-state index in [1.807, 2.05) is 60.5 Å². The molecule has 10 heteroatoms. The first-order valence-electron chi connectivity index (χ1n) is 9.95. The van der Waals surface area contributed by atoms with E-state index in [-0.39, 0.29) is 11.1 Å². The molecule has 1 aliphatic heterocycles. The second-order valence-corrected chi connectivity index (χ2v) is 8.51. The Kier molecular flexibility index (Phi) is 7.16. The summed E-state index contributed by atoms with van der Waals surface area (Å²) in [6, 6.07) is 16.3. The lowest BCUT2D eigenvalue weighted by molar-refractivity contribution is -0.115. The highest BCUT2D eigenvalue weighted by atomic mass is 32.2. The molecule has 1 aromatic heterocycles. The summed E-state index contributed by atoms with van der Waals surface area (Å²) in [6.07, 6.45) is 3.31. The van der Waals surface area contributed by atoms with Gasteiger partial charge in [0.2, 0.25) is 11.8 Å². The Morgan fingerprint density at radius 2 is 1.79 bits per heavy atom. The Hall–Kier alpha value is -3.50. The van der Waals surface area contributed by atoms with Crippen molar-refractivity contribution in [2.45, 2.75) is 4.90 Å². The van der Waals surface area contributed by atoms with Crippen molar-refractivity contribution in [3.63, 3.8) is 0 Å². The maximum atomic E-state index is 11.6. The van der Waals surface area contributed by atoms with Crippen LogP contribution >= 0.6 is 24.4 Å². The highest BCUT2D eigenvalue weighted by molar-refractivity contribution is 8.18. The van der Waals surface area contributed by atoms with Crippen LogP contribution in [0.3, 0.4) is 0 Å². The molecule has 8 nitrogen and oxygen atoms in total. The zero-order chi connectivity index (χ0) is 23.2. The van der Waals surface area contributed by atoms with Gasteiger partial charge in [-0.15, -0.1) is 12.6 Å². The molecule has 2 heterocycles. The minimum Gasteiger partial charge on any atom is -0.492 e. The van der Waals surface area contributed by atoms with Crippen molar-refractivity contribution in [3.8, 4) is 17.4 Å². The topological polar surface area (TPSA) is 93.7 Å². The van der Waals surface area contributed by atoms with Gasteiger partial charge in [0.05, 0.1) is 11.4 Å². The van der Waals surface area contributed by atoms with E-state index in [1.165, 1.54) is 0 Å². The van der Waals surface area contributed by atoms with Crippen LogP contribution in [0.1, 0.15) is 5.56 Å². The zero-order valence-electron chi connectivity index (χ0n) is 17.6. The standard InChI is InChI=1S/C23H20N4O4S2/c1-27(22-24-11-10-20(25-22)31-17-6-8-18(32)9-7-17)12-13-30-16-4-2-15(3-5-16)14-19-21(28)26-23(29)33-19/h2-11,14,32H,12-13H2,1H3,(H,26,28,29).